The molecule has 6 heteroatoms. The molecule has 0 unspecified atom stereocenters. The molecule has 0 aliphatic carbocycles. The summed E-state index contributed by atoms with van der Waals surface area (Å²) in [6, 6.07) is 17.4. The number of nitrogens with zero attached hydrogens (tertiary/aromatic N) is 1. The van der Waals surface area contributed by atoms with Gasteiger partial charge >= 0.3 is 59.4 Å². The zero-order valence-electron chi connectivity index (χ0n) is 21.5. The summed E-state index contributed by atoms with van der Waals surface area (Å²) in [6.07, 6.45) is 1.79. The molecule has 3 rings (SSSR count). The molecular weight excluding hydrogens is 501 g/mol. The van der Waals surface area contributed by atoms with Crippen LogP contribution in [0.4, 0.5) is 0 Å². The molecule has 0 bridgehead atoms. The van der Waals surface area contributed by atoms with Crippen LogP contribution in [0.1, 0.15) is 69.5 Å². The number of phenols is 2. The molecule has 2 aromatic carbocycles. The Labute approximate surface area is 229 Å². The van der Waals surface area contributed by atoms with Crippen LogP contribution in [0.3, 0.4) is 0 Å². The zero-order valence-corrected chi connectivity index (χ0v) is 24.7. The van der Waals surface area contributed by atoms with Crippen LogP contribution in [0, 0.1) is 13.8 Å². The Morgan fingerprint density at radius 2 is 1.12 bits per heavy atom. The third kappa shape index (κ3) is 12.2. The van der Waals surface area contributed by atoms with Gasteiger partial charge in [0, 0.05) is 0 Å². The van der Waals surface area contributed by atoms with Crippen LogP contribution in [-0.2, 0) is 30.8 Å². The maximum atomic E-state index is 9.31. The average Bonchev–Trinajstić information content (AvgIpc) is 2.72. The molecule has 1 aromatic heterocycles. The van der Waals surface area contributed by atoms with Crippen LogP contribution in [-0.4, -0.2) is 19.5 Å². The maximum absolute atomic E-state index is 9.31. The number of benzene rings is 2. The number of phenolic OH excluding ortho intramolecular Hbond substituents is 2. The van der Waals surface area contributed by atoms with Crippen molar-refractivity contribution in [3.63, 3.8) is 0 Å². The average molecular weight is 540 g/mol. The summed E-state index contributed by atoms with van der Waals surface area (Å²) in [6.45, 7) is 16.8. The molecule has 0 atom stereocenters. The summed E-state index contributed by atoms with van der Waals surface area (Å²) in [5.74, 6) is 0.756. The molecule has 0 spiro atoms. The number of hydrogen-bond acceptors (Lipinski definition) is 3. The number of aromatic hydroxyl groups is 2. The van der Waals surface area contributed by atoms with Gasteiger partial charge < -0.3 is 10.2 Å². The Kier molecular flexibility index (Phi) is 15.6. The van der Waals surface area contributed by atoms with Crippen molar-refractivity contribution in [2.24, 2.45) is 0 Å². The number of halogens is 2. The van der Waals surface area contributed by atoms with E-state index in [1.165, 1.54) is 11.1 Å². The molecule has 3 nitrogen and oxygen atoms in total. The van der Waals surface area contributed by atoms with Crippen molar-refractivity contribution < 1.29 is 30.2 Å². The van der Waals surface area contributed by atoms with Gasteiger partial charge in [-0.1, -0.05) is 65.8 Å². The summed E-state index contributed by atoms with van der Waals surface area (Å²) in [7, 11) is 0. The third-order valence-corrected chi connectivity index (χ3v) is 5.42. The normalized spacial score (nSPS) is 10.2. The summed E-state index contributed by atoms with van der Waals surface area (Å²) in [5, 5.41) is 18.6. The van der Waals surface area contributed by atoms with E-state index >= 15 is 0 Å². The van der Waals surface area contributed by atoms with Gasteiger partial charge in [-0.25, -0.2) is 0 Å². The van der Waals surface area contributed by atoms with E-state index in [4.69, 9.17) is 0 Å². The molecular formula is C28H39Cl2NO2Ti. The van der Waals surface area contributed by atoms with E-state index in [2.05, 4.69) is 46.5 Å². The van der Waals surface area contributed by atoms with Gasteiger partial charge in [0.2, 0.25) is 0 Å². The number of hydrogen-bond donors (Lipinski definition) is 2. The Morgan fingerprint density at radius 3 is 1.35 bits per heavy atom. The summed E-state index contributed by atoms with van der Waals surface area (Å²) in [5.41, 5.74) is 5.78. The Balaban J connectivity index is 0. The number of aromatic nitrogens is 1. The monoisotopic (exact) mass is 539 g/mol. The van der Waals surface area contributed by atoms with E-state index in [1.807, 2.05) is 80.6 Å². The van der Waals surface area contributed by atoms with Gasteiger partial charge in [0.15, 0.2) is 0 Å². The van der Waals surface area contributed by atoms with E-state index in [0.717, 1.165) is 16.8 Å². The quantitative estimate of drug-likeness (QED) is 0.313. The molecule has 0 radical (unpaired) electrons. The van der Waals surface area contributed by atoms with Crippen molar-refractivity contribution in [2.75, 3.05) is 0 Å². The van der Waals surface area contributed by atoms with E-state index < -0.39 is 0 Å². The second-order valence-corrected chi connectivity index (χ2v) is 10.4. The zero-order chi connectivity index (χ0) is 24.5. The number of rotatable bonds is 1. The van der Waals surface area contributed by atoms with E-state index in [-0.39, 0.29) is 35.6 Å². The second kappa shape index (κ2) is 15.4. The number of pyridine rings is 1. The molecule has 1 heterocycles. The Hall–Kier alpha value is -1.65. The standard InChI is InChI=1S/2C11H16O.C6H5N.2ClH.Ti/c2*1-8-7-9(11(2,3)4)5-6-10(8)12;1-6-4-2-3-5-7-6;;;/h2*5-7,12H,1-4H3;1-5H;2*1H;. The van der Waals surface area contributed by atoms with Crippen LogP contribution in [0.2, 0.25) is 0 Å². The molecule has 2 N–H and O–H groups in total. The second-order valence-electron chi connectivity index (χ2n) is 9.90. The summed E-state index contributed by atoms with van der Waals surface area (Å²) < 4.78 is 1.97. The fourth-order valence-electron chi connectivity index (χ4n) is 2.71. The van der Waals surface area contributed by atoms with Gasteiger partial charge in [0.25, 0.3) is 0 Å². The predicted octanol–water partition coefficient (Wildman–Crippen LogP) is 7.62. The topological polar surface area (TPSA) is 53.4 Å². The van der Waals surface area contributed by atoms with E-state index in [1.54, 1.807) is 18.3 Å². The van der Waals surface area contributed by atoms with Gasteiger partial charge in [-0.15, -0.1) is 24.8 Å². The van der Waals surface area contributed by atoms with E-state index in [9.17, 15) is 10.2 Å². The van der Waals surface area contributed by atoms with Gasteiger partial charge in [-0.05, 0) is 59.1 Å². The van der Waals surface area contributed by atoms with Gasteiger partial charge in [-0.3, -0.25) is 0 Å². The molecule has 0 aliphatic rings. The SMILES string of the molecule is Cc1cc(C(C)(C)C)ccc1O.Cc1cc(C(C)(C)C)ccc1O.Cl.Cl.[Ti]=[CH]c1ccccn1. The Morgan fingerprint density at radius 1 is 0.706 bits per heavy atom. The molecule has 0 saturated heterocycles. The summed E-state index contributed by atoms with van der Waals surface area (Å²) >= 11 is 1.97. The first kappa shape index (κ1) is 34.5. The summed E-state index contributed by atoms with van der Waals surface area (Å²) in [4.78, 5) is 4.04. The van der Waals surface area contributed by atoms with Gasteiger partial charge in [0.05, 0.1) is 0 Å². The van der Waals surface area contributed by atoms with Crippen molar-refractivity contribution in [3.8, 4) is 11.5 Å². The predicted molar refractivity (Wildman–Crippen MR) is 147 cm³/mol. The molecule has 0 saturated carbocycles. The molecule has 3 aromatic rings. The first-order valence-corrected chi connectivity index (χ1v) is 11.7. The van der Waals surface area contributed by atoms with E-state index in [0.29, 0.717) is 11.5 Å². The van der Waals surface area contributed by atoms with Crippen LogP contribution < -0.4 is 0 Å². The molecule has 0 aliphatic heterocycles. The molecule has 0 fully saturated rings. The van der Waals surface area contributed by atoms with Gasteiger partial charge in [-0.2, -0.15) is 0 Å². The first-order chi connectivity index (χ1) is 14.8. The first-order valence-electron chi connectivity index (χ1n) is 10.8. The van der Waals surface area contributed by atoms with Crippen molar-refractivity contribution in [1.29, 1.82) is 0 Å². The van der Waals surface area contributed by atoms with Crippen molar-refractivity contribution in [3.05, 3.63) is 88.7 Å². The molecule has 34 heavy (non-hydrogen) atoms. The number of aryl methyl sites for hydroxylation is 2. The van der Waals surface area contributed by atoms with Crippen molar-refractivity contribution in [1.82, 2.24) is 4.98 Å². The molecule has 0 amide bonds. The molecule has 186 valence electrons. The minimum atomic E-state index is 0. The van der Waals surface area contributed by atoms with Gasteiger partial charge in [0.1, 0.15) is 11.5 Å². The fraction of sp³-hybridized carbons (Fsp3) is 0.357. The van der Waals surface area contributed by atoms with Crippen LogP contribution in [0.15, 0.2) is 60.8 Å². The van der Waals surface area contributed by atoms with Crippen LogP contribution in [0.25, 0.3) is 0 Å². The minimum absolute atomic E-state index is 0. The van der Waals surface area contributed by atoms with Crippen LogP contribution >= 0.6 is 24.8 Å². The van der Waals surface area contributed by atoms with Crippen LogP contribution in [0.5, 0.6) is 11.5 Å². The fourth-order valence-corrected chi connectivity index (χ4v) is 2.97. The third-order valence-electron chi connectivity index (χ3n) is 4.96. The van der Waals surface area contributed by atoms with Crippen molar-refractivity contribution in [2.45, 2.75) is 66.2 Å². The Bertz CT molecular complexity index is 950. The van der Waals surface area contributed by atoms with Crippen molar-refractivity contribution >= 4 is 29.1 Å².